The number of aromatic nitrogens is 5. The SMILES string of the molecule is CC(c1ccccc1)c1cc(-c2[c-]cccc2)nc[c]1[Ge]([CH3])([CH3])[CH3].Cc1cc2nc(-c3[c-]ccc4c3oc3cnc(C)cc34)n(-c3ccc(C(C)(C)C)cc3)c2cn1.[Ir]. The van der Waals surface area contributed by atoms with Crippen LogP contribution in [0.4, 0.5) is 0 Å². The summed E-state index contributed by atoms with van der Waals surface area (Å²) in [4.78, 5) is 18.8. The van der Waals surface area contributed by atoms with E-state index < -0.39 is 13.3 Å². The first kappa shape index (κ1) is 41.9. The first-order chi connectivity index (χ1) is 27.8. The Kier molecular flexibility index (Phi) is 11.9. The van der Waals surface area contributed by atoms with Crippen molar-refractivity contribution < 1.29 is 24.5 Å². The van der Waals surface area contributed by atoms with Gasteiger partial charge in [-0.05, 0) is 49.1 Å². The van der Waals surface area contributed by atoms with Crippen molar-refractivity contribution in [3.05, 3.63) is 168 Å². The molecule has 0 aliphatic heterocycles. The zero-order chi connectivity index (χ0) is 40.8. The average Bonchev–Trinajstić information content (AvgIpc) is 3.78. The predicted octanol–water partition coefficient (Wildman–Crippen LogP) is 12.3. The molecule has 0 aliphatic rings. The fraction of sp³-hybridized carbons (Fsp3) is 0.216. The molecule has 59 heavy (non-hydrogen) atoms. The largest absolute Gasteiger partial charge is 0.499 e. The van der Waals surface area contributed by atoms with Gasteiger partial charge in [-0.15, -0.1) is 18.2 Å². The standard InChI is InChI=1S/C29H25N4O.C22H24GeN.Ir/c1-17-13-23-21-7-6-8-22(27(21)34-26(23)16-31-17)28-32-24-14-18(2)30-15-25(24)33(28)20-11-9-19(10-12-20)29(3,4)5;1-17(18-11-7-5-8-12-18)20-15-22(19-13-9-6-10-14-19)24-16-21(20)23(2,3)4;/h6-7,9-16H,1-5H3;5-13,15-17H,1-4H3;/q2*-1;. The van der Waals surface area contributed by atoms with E-state index in [9.17, 15) is 0 Å². The first-order valence-corrected chi connectivity index (χ1v) is 27.3. The second-order valence-corrected chi connectivity index (χ2v) is 27.8. The number of nitrogens with zero attached hydrogens (tertiary/aromatic N) is 5. The van der Waals surface area contributed by atoms with Crippen molar-refractivity contribution in [3.8, 4) is 28.3 Å². The average molecular weight is 1010 g/mol. The van der Waals surface area contributed by atoms with Crippen LogP contribution in [0.25, 0.3) is 61.3 Å². The Labute approximate surface area is 363 Å². The molecule has 0 saturated heterocycles. The van der Waals surface area contributed by atoms with Crippen molar-refractivity contribution in [1.29, 1.82) is 0 Å². The molecule has 0 aliphatic carbocycles. The number of hydrogen-bond acceptors (Lipinski definition) is 5. The van der Waals surface area contributed by atoms with Crippen LogP contribution in [-0.2, 0) is 25.5 Å². The van der Waals surface area contributed by atoms with Crippen molar-refractivity contribution >= 4 is 50.6 Å². The summed E-state index contributed by atoms with van der Waals surface area (Å²) in [6.45, 7) is 12.9. The molecule has 0 fully saturated rings. The van der Waals surface area contributed by atoms with Gasteiger partial charge in [0, 0.05) is 42.6 Å². The number of hydrogen-bond donors (Lipinski definition) is 0. The monoisotopic (exact) mass is 1010 g/mol. The number of aryl methyl sites for hydroxylation is 2. The minimum atomic E-state index is -2.01. The molecule has 299 valence electrons. The third-order valence-corrected chi connectivity index (χ3v) is 15.1. The first-order valence-electron chi connectivity index (χ1n) is 19.9. The van der Waals surface area contributed by atoms with Crippen LogP contribution in [-0.4, -0.2) is 37.8 Å². The van der Waals surface area contributed by atoms with Crippen LogP contribution in [0.5, 0.6) is 0 Å². The fourth-order valence-corrected chi connectivity index (χ4v) is 11.0. The molecule has 0 bridgehead atoms. The Hall–Kier alpha value is -5.21. The minimum Gasteiger partial charge on any atom is -0.499 e. The van der Waals surface area contributed by atoms with Gasteiger partial charge < -0.3 is 8.98 Å². The summed E-state index contributed by atoms with van der Waals surface area (Å²) in [7, 11) is 0. The molecule has 9 rings (SSSR count). The Morgan fingerprint density at radius 3 is 2.14 bits per heavy atom. The van der Waals surface area contributed by atoms with Gasteiger partial charge in [0.15, 0.2) is 0 Å². The van der Waals surface area contributed by atoms with E-state index in [4.69, 9.17) is 14.4 Å². The summed E-state index contributed by atoms with van der Waals surface area (Å²) >= 11 is -2.01. The number of imidazole rings is 1. The molecule has 0 amide bonds. The zero-order valence-corrected chi connectivity index (χ0v) is 39.7. The molecular formula is C51H49GeIrN5O-2. The molecular weight excluding hydrogens is 963 g/mol. The van der Waals surface area contributed by atoms with Crippen LogP contribution < -0.4 is 4.40 Å². The van der Waals surface area contributed by atoms with Crippen LogP contribution in [0.3, 0.4) is 0 Å². The predicted molar refractivity (Wildman–Crippen MR) is 242 cm³/mol. The van der Waals surface area contributed by atoms with Gasteiger partial charge in [-0.25, -0.2) is 0 Å². The smallest absolute Gasteiger partial charge is 0.139 e. The van der Waals surface area contributed by atoms with E-state index >= 15 is 0 Å². The van der Waals surface area contributed by atoms with Crippen molar-refractivity contribution in [2.75, 3.05) is 0 Å². The fourth-order valence-electron chi connectivity index (χ4n) is 7.61. The van der Waals surface area contributed by atoms with Gasteiger partial charge in [0.2, 0.25) is 0 Å². The second kappa shape index (κ2) is 16.8. The molecule has 9 aromatic rings. The maximum atomic E-state index is 6.30. The molecule has 5 heterocycles. The summed E-state index contributed by atoms with van der Waals surface area (Å²) < 4.78 is 9.95. The normalized spacial score (nSPS) is 12.3. The van der Waals surface area contributed by atoms with Gasteiger partial charge in [-0.3, -0.25) is 15.0 Å². The maximum absolute atomic E-state index is 6.30. The van der Waals surface area contributed by atoms with Gasteiger partial charge in [0.25, 0.3) is 0 Å². The topological polar surface area (TPSA) is 69.6 Å². The number of benzene rings is 4. The van der Waals surface area contributed by atoms with Crippen LogP contribution >= 0.6 is 0 Å². The number of furan rings is 1. The number of rotatable bonds is 6. The van der Waals surface area contributed by atoms with E-state index in [1.54, 1.807) is 6.20 Å². The third-order valence-electron chi connectivity index (χ3n) is 10.8. The minimum absolute atomic E-state index is 0. The molecule has 0 N–H and O–H groups in total. The third kappa shape index (κ3) is 8.61. The van der Waals surface area contributed by atoms with E-state index in [-0.39, 0.29) is 25.5 Å². The molecule has 1 unspecified atom stereocenters. The van der Waals surface area contributed by atoms with Gasteiger partial charge in [-0.1, -0.05) is 43.9 Å². The summed E-state index contributed by atoms with van der Waals surface area (Å²) in [5.41, 5.74) is 13.3. The molecule has 4 aromatic carbocycles. The molecule has 5 aromatic heterocycles. The Balaban J connectivity index is 0.000000187. The summed E-state index contributed by atoms with van der Waals surface area (Å²) in [6.07, 6.45) is 5.81. The van der Waals surface area contributed by atoms with E-state index in [2.05, 4.69) is 151 Å². The molecule has 1 atom stereocenters. The molecule has 1 radical (unpaired) electrons. The van der Waals surface area contributed by atoms with Crippen LogP contribution in [0.2, 0.25) is 17.3 Å². The molecule has 0 spiro atoms. The Morgan fingerprint density at radius 2 is 1.44 bits per heavy atom. The van der Waals surface area contributed by atoms with E-state index in [1.807, 2.05) is 56.4 Å². The number of fused-ring (bicyclic) bond motifs is 4. The zero-order valence-electron chi connectivity index (χ0n) is 35.2. The van der Waals surface area contributed by atoms with Crippen molar-refractivity contribution in [2.24, 2.45) is 0 Å². The van der Waals surface area contributed by atoms with Crippen molar-refractivity contribution in [2.45, 2.75) is 70.1 Å². The van der Waals surface area contributed by atoms with Crippen molar-refractivity contribution in [1.82, 2.24) is 24.5 Å². The van der Waals surface area contributed by atoms with Crippen LogP contribution in [0, 0.1) is 26.0 Å². The van der Waals surface area contributed by atoms with E-state index in [0.29, 0.717) is 5.92 Å². The summed E-state index contributed by atoms with van der Waals surface area (Å²) in [6, 6.07) is 44.6. The number of pyridine rings is 3. The molecule has 8 heteroatoms. The van der Waals surface area contributed by atoms with Gasteiger partial charge in [0.05, 0.1) is 34.8 Å². The van der Waals surface area contributed by atoms with Crippen LogP contribution in [0.1, 0.15) is 61.7 Å². The van der Waals surface area contributed by atoms with E-state index in [1.165, 1.54) is 21.1 Å². The van der Waals surface area contributed by atoms with Gasteiger partial charge in [0.1, 0.15) is 5.58 Å². The quantitative estimate of drug-likeness (QED) is 0.123. The molecule has 6 nitrogen and oxygen atoms in total. The Bertz CT molecular complexity index is 2890. The van der Waals surface area contributed by atoms with Crippen LogP contribution in [0.15, 0.2) is 132 Å². The second-order valence-electron chi connectivity index (χ2n) is 17.2. The summed E-state index contributed by atoms with van der Waals surface area (Å²) in [5, 5.41) is 2.08. The Morgan fingerprint density at radius 1 is 0.729 bits per heavy atom. The van der Waals surface area contributed by atoms with E-state index in [0.717, 1.165) is 72.7 Å². The maximum Gasteiger partial charge on any atom is 0.139 e. The molecule has 0 saturated carbocycles. The van der Waals surface area contributed by atoms with Gasteiger partial charge in [-0.2, -0.15) is 0 Å². The van der Waals surface area contributed by atoms with Crippen molar-refractivity contribution in [3.63, 3.8) is 0 Å². The van der Waals surface area contributed by atoms with Gasteiger partial charge >= 0.3 is 148 Å². The summed E-state index contributed by atoms with van der Waals surface area (Å²) in [5.74, 6) is 8.46.